The first kappa shape index (κ1) is 12.9. The van der Waals surface area contributed by atoms with Crippen LogP contribution in [0.1, 0.15) is 19.4 Å². The summed E-state index contributed by atoms with van der Waals surface area (Å²) >= 11 is 0. The Bertz CT molecular complexity index is 609. The van der Waals surface area contributed by atoms with Gasteiger partial charge in [-0.3, -0.25) is 4.79 Å². The van der Waals surface area contributed by atoms with Crippen LogP contribution in [0.4, 0.5) is 0 Å². The number of esters is 1. The van der Waals surface area contributed by atoms with Crippen LogP contribution < -0.4 is 5.73 Å². The molecule has 2 aromatic heterocycles. The Morgan fingerprint density at radius 1 is 1.47 bits per heavy atom. The largest absolute Gasteiger partial charge is 0.464 e. The van der Waals surface area contributed by atoms with Crippen molar-refractivity contribution in [3.63, 3.8) is 0 Å². The Labute approximate surface area is 108 Å². The van der Waals surface area contributed by atoms with Crippen molar-refractivity contribution < 1.29 is 14.3 Å². The van der Waals surface area contributed by atoms with E-state index in [0.29, 0.717) is 11.2 Å². The smallest absolute Gasteiger partial charge is 0.329 e. The van der Waals surface area contributed by atoms with Gasteiger partial charge in [-0.15, -0.1) is 0 Å². The van der Waals surface area contributed by atoms with Crippen LogP contribution in [0.2, 0.25) is 0 Å². The molecule has 2 heterocycles. The van der Waals surface area contributed by atoms with Gasteiger partial charge in [-0.2, -0.15) is 0 Å². The van der Waals surface area contributed by atoms with Crippen molar-refractivity contribution in [3.05, 3.63) is 18.9 Å². The number of ether oxygens (including phenoxy) is 1. The standard InChI is InChI=1S/C11H13N5O3/c1-2-19-11(18)8(3-9(12)17)16-6-15-7-4-13-5-14-10(7)16/h4-6,8H,2-3H2,1H3,(H2,12,17). The Kier molecular flexibility index (Phi) is 3.69. The molecule has 0 aliphatic carbocycles. The molecule has 2 N–H and O–H groups in total. The highest BCUT2D eigenvalue weighted by Crippen LogP contribution is 2.19. The Morgan fingerprint density at radius 3 is 2.95 bits per heavy atom. The molecule has 1 amide bonds. The van der Waals surface area contributed by atoms with Gasteiger partial charge in [-0.25, -0.2) is 19.7 Å². The highest BCUT2D eigenvalue weighted by Gasteiger charge is 2.26. The predicted octanol–water partition coefficient (Wildman–Crippen LogP) is -0.194. The summed E-state index contributed by atoms with van der Waals surface area (Å²) in [5.74, 6) is -1.15. The summed E-state index contributed by atoms with van der Waals surface area (Å²) in [6.07, 6.45) is 4.11. The van der Waals surface area contributed by atoms with Crippen molar-refractivity contribution in [1.29, 1.82) is 0 Å². The lowest BCUT2D eigenvalue weighted by molar-refractivity contribution is -0.148. The van der Waals surface area contributed by atoms with Crippen LogP contribution in [-0.4, -0.2) is 38.0 Å². The fraction of sp³-hybridized carbons (Fsp3) is 0.364. The average Bonchev–Trinajstić information content (AvgIpc) is 2.79. The van der Waals surface area contributed by atoms with Gasteiger partial charge in [0.2, 0.25) is 5.91 Å². The maximum absolute atomic E-state index is 11.9. The summed E-state index contributed by atoms with van der Waals surface area (Å²) in [7, 11) is 0. The minimum Gasteiger partial charge on any atom is -0.464 e. The quantitative estimate of drug-likeness (QED) is 0.748. The Hall–Kier alpha value is -2.51. The van der Waals surface area contributed by atoms with Crippen molar-refractivity contribution in [1.82, 2.24) is 19.5 Å². The number of primary amides is 1. The summed E-state index contributed by atoms with van der Waals surface area (Å²) in [5.41, 5.74) is 6.15. The van der Waals surface area contributed by atoms with Gasteiger partial charge in [-0.05, 0) is 6.92 Å². The monoisotopic (exact) mass is 263 g/mol. The van der Waals surface area contributed by atoms with Crippen molar-refractivity contribution in [2.24, 2.45) is 5.73 Å². The lowest BCUT2D eigenvalue weighted by Crippen LogP contribution is -2.27. The molecule has 0 bridgehead atoms. The molecule has 0 aromatic carbocycles. The summed E-state index contributed by atoms with van der Waals surface area (Å²) in [5, 5.41) is 0. The number of nitrogens with two attached hydrogens (primary N) is 1. The molecular weight excluding hydrogens is 250 g/mol. The van der Waals surface area contributed by atoms with Crippen molar-refractivity contribution in [2.75, 3.05) is 6.61 Å². The van der Waals surface area contributed by atoms with E-state index >= 15 is 0 Å². The molecule has 0 spiro atoms. The maximum atomic E-state index is 11.9. The van der Waals surface area contributed by atoms with Crippen LogP contribution >= 0.6 is 0 Å². The Morgan fingerprint density at radius 2 is 2.26 bits per heavy atom. The van der Waals surface area contributed by atoms with E-state index in [4.69, 9.17) is 10.5 Å². The van der Waals surface area contributed by atoms with Crippen molar-refractivity contribution in [3.8, 4) is 0 Å². The topological polar surface area (TPSA) is 113 Å². The van der Waals surface area contributed by atoms with Gasteiger partial charge in [0, 0.05) is 0 Å². The zero-order valence-corrected chi connectivity index (χ0v) is 10.3. The number of amides is 1. The van der Waals surface area contributed by atoms with Crippen LogP contribution in [0.25, 0.3) is 11.2 Å². The summed E-state index contributed by atoms with van der Waals surface area (Å²) < 4.78 is 6.41. The van der Waals surface area contributed by atoms with Crippen LogP contribution in [0, 0.1) is 0 Å². The molecule has 1 atom stereocenters. The third-order valence-corrected chi connectivity index (χ3v) is 2.53. The van der Waals surface area contributed by atoms with E-state index in [0.717, 1.165) is 0 Å². The summed E-state index contributed by atoms with van der Waals surface area (Å²) in [6.45, 7) is 1.91. The molecule has 0 aliphatic rings. The number of carbonyl (C=O) groups is 2. The molecule has 0 aliphatic heterocycles. The van der Waals surface area contributed by atoms with E-state index in [-0.39, 0.29) is 13.0 Å². The van der Waals surface area contributed by atoms with E-state index in [2.05, 4.69) is 15.0 Å². The molecule has 19 heavy (non-hydrogen) atoms. The highest BCUT2D eigenvalue weighted by molar-refractivity contribution is 5.84. The number of hydrogen-bond acceptors (Lipinski definition) is 6. The molecular formula is C11H13N5O3. The van der Waals surface area contributed by atoms with Crippen molar-refractivity contribution >= 4 is 23.0 Å². The molecule has 1 unspecified atom stereocenters. The number of rotatable bonds is 5. The van der Waals surface area contributed by atoms with Gasteiger partial charge in [0.1, 0.15) is 17.9 Å². The SMILES string of the molecule is CCOC(=O)C(CC(N)=O)n1cnc2cncnc21. The van der Waals surface area contributed by atoms with Gasteiger partial charge < -0.3 is 15.0 Å². The zero-order chi connectivity index (χ0) is 13.8. The number of nitrogens with zero attached hydrogens (tertiary/aromatic N) is 4. The average molecular weight is 263 g/mol. The Balaban J connectivity index is 2.42. The summed E-state index contributed by atoms with van der Waals surface area (Å²) in [4.78, 5) is 34.9. The third-order valence-electron chi connectivity index (χ3n) is 2.53. The van der Waals surface area contributed by atoms with Gasteiger partial charge in [0.05, 0.1) is 25.6 Å². The van der Waals surface area contributed by atoms with Crippen LogP contribution in [0.5, 0.6) is 0 Å². The first-order valence-corrected chi connectivity index (χ1v) is 5.71. The van der Waals surface area contributed by atoms with Crippen LogP contribution in [0.3, 0.4) is 0 Å². The first-order chi connectivity index (χ1) is 9.13. The van der Waals surface area contributed by atoms with Gasteiger partial charge in [-0.1, -0.05) is 0 Å². The predicted molar refractivity (Wildman–Crippen MR) is 64.8 cm³/mol. The number of hydrogen-bond donors (Lipinski definition) is 1. The molecule has 2 rings (SSSR count). The molecule has 8 nitrogen and oxygen atoms in total. The van der Waals surface area contributed by atoms with Gasteiger partial charge >= 0.3 is 5.97 Å². The second-order valence-electron chi connectivity index (χ2n) is 3.82. The van der Waals surface area contributed by atoms with E-state index in [1.54, 1.807) is 6.92 Å². The number of imidazole rings is 1. The van der Waals surface area contributed by atoms with E-state index in [1.807, 2.05) is 0 Å². The molecule has 0 fully saturated rings. The number of aromatic nitrogens is 4. The third kappa shape index (κ3) is 2.67. The molecule has 0 radical (unpaired) electrons. The molecule has 0 saturated heterocycles. The lowest BCUT2D eigenvalue weighted by atomic mass is 10.2. The second kappa shape index (κ2) is 5.42. The van der Waals surface area contributed by atoms with Gasteiger partial charge in [0.25, 0.3) is 0 Å². The fourth-order valence-corrected chi connectivity index (χ4v) is 1.74. The van der Waals surface area contributed by atoms with E-state index in [9.17, 15) is 9.59 Å². The number of carbonyl (C=O) groups excluding carboxylic acids is 2. The highest BCUT2D eigenvalue weighted by atomic mass is 16.5. The minimum atomic E-state index is -0.864. The lowest BCUT2D eigenvalue weighted by Gasteiger charge is -2.15. The van der Waals surface area contributed by atoms with E-state index in [1.165, 1.54) is 23.4 Å². The van der Waals surface area contributed by atoms with Gasteiger partial charge in [0.15, 0.2) is 5.65 Å². The molecule has 0 saturated carbocycles. The normalized spacial score (nSPS) is 12.3. The first-order valence-electron chi connectivity index (χ1n) is 5.71. The van der Waals surface area contributed by atoms with Crippen molar-refractivity contribution in [2.45, 2.75) is 19.4 Å². The fourth-order valence-electron chi connectivity index (χ4n) is 1.74. The minimum absolute atomic E-state index is 0.172. The van der Waals surface area contributed by atoms with Crippen LogP contribution in [0.15, 0.2) is 18.9 Å². The number of fused-ring (bicyclic) bond motifs is 1. The maximum Gasteiger partial charge on any atom is 0.329 e. The van der Waals surface area contributed by atoms with E-state index < -0.39 is 17.9 Å². The molecule has 8 heteroatoms. The molecule has 2 aromatic rings. The zero-order valence-electron chi connectivity index (χ0n) is 10.3. The summed E-state index contributed by atoms with van der Waals surface area (Å²) in [6, 6.07) is -0.864. The van der Waals surface area contributed by atoms with Crippen LogP contribution in [-0.2, 0) is 14.3 Å². The second-order valence-corrected chi connectivity index (χ2v) is 3.82. The molecule has 100 valence electrons.